The maximum absolute atomic E-state index is 9.55. The van der Waals surface area contributed by atoms with E-state index in [1.54, 1.807) is 0 Å². The number of rotatable bonds is 6. The minimum atomic E-state index is -0.0324. The number of hydrogen-bond donors (Lipinski definition) is 1. The summed E-state index contributed by atoms with van der Waals surface area (Å²) in [7, 11) is 0. The fourth-order valence-electron chi connectivity index (χ4n) is 3.06. The van der Waals surface area contributed by atoms with Gasteiger partial charge < -0.3 is 14.6 Å². The lowest BCUT2D eigenvalue weighted by atomic mass is 9.86. The maximum atomic E-state index is 9.55. The van der Waals surface area contributed by atoms with Crippen LogP contribution in [0, 0.1) is 5.41 Å². The summed E-state index contributed by atoms with van der Waals surface area (Å²) in [6.07, 6.45) is 2.39. The molecule has 1 aromatic carbocycles. The summed E-state index contributed by atoms with van der Waals surface area (Å²) < 4.78 is 11.2. The monoisotopic (exact) mass is 277 g/mol. The standard InChI is InChI=1S/C16H23NO3/c18-11-16(12-19-13-16)10-17-8-4-5-14(17)9-20-15-6-2-1-3-7-15/h1-3,6-7,14,18H,4-5,8-13H2. The molecule has 0 bridgehead atoms. The van der Waals surface area contributed by atoms with Crippen molar-refractivity contribution in [3.63, 3.8) is 0 Å². The highest BCUT2D eigenvalue weighted by Gasteiger charge is 2.41. The summed E-state index contributed by atoms with van der Waals surface area (Å²) in [5.74, 6) is 0.934. The van der Waals surface area contributed by atoms with E-state index in [9.17, 15) is 5.11 Å². The van der Waals surface area contributed by atoms with Crippen molar-refractivity contribution in [2.75, 3.05) is 39.5 Å². The SMILES string of the molecule is OCC1(CN2CCCC2COc2ccccc2)COC1. The molecule has 0 aromatic heterocycles. The summed E-state index contributed by atoms with van der Waals surface area (Å²) in [6, 6.07) is 10.4. The highest BCUT2D eigenvalue weighted by atomic mass is 16.5. The summed E-state index contributed by atoms with van der Waals surface area (Å²) in [5, 5.41) is 9.55. The zero-order valence-corrected chi connectivity index (χ0v) is 11.8. The molecular weight excluding hydrogens is 254 g/mol. The predicted molar refractivity (Wildman–Crippen MR) is 76.9 cm³/mol. The molecule has 1 unspecified atom stereocenters. The van der Waals surface area contributed by atoms with Gasteiger partial charge in [0.05, 0.1) is 25.2 Å². The largest absolute Gasteiger partial charge is 0.492 e. The molecule has 1 atom stereocenters. The van der Waals surface area contributed by atoms with Crippen LogP contribution in [0.1, 0.15) is 12.8 Å². The van der Waals surface area contributed by atoms with Gasteiger partial charge in [-0.1, -0.05) is 18.2 Å². The zero-order chi connectivity index (χ0) is 13.8. The van der Waals surface area contributed by atoms with E-state index in [2.05, 4.69) is 4.90 Å². The first-order chi connectivity index (χ1) is 9.81. The van der Waals surface area contributed by atoms with Gasteiger partial charge in [-0.05, 0) is 31.5 Å². The van der Waals surface area contributed by atoms with Crippen LogP contribution in [0.4, 0.5) is 0 Å². The van der Waals surface area contributed by atoms with Crippen LogP contribution >= 0.6 is 0 Å². The Labute approximate surface area is 120 Å². The number of aliphatic hydroxyl groups is 1. The molecule has 0 radical (unpaired) electrons. The minimum absolute atomic E-state index is 0.0324. The Balaban J connectivity index is 1.53. The van der Waals surface area contributed by atoms with Gasteiger partial charge in [0.2, 0.25) is 0 Å². The average molecular weight is 277 g/mol. The van der Waals surface area contributed by atoms with Crippen molar-refractivity contribution in [3.8, 4) is 5.75 Å². The first kappa shape index (κ1) is 13.9. The molecular formula is C16H23NO3. The summed E-state index contributed by atoms with van der Waals surface area (Å²) in [5.41, 5.74) is -0.0324. The fraction of sp³-hybridized carbons (Fsp3) is 0.625. The van der Waals surface area contributed by atoms with Crippen LogP contribution in [0.15, 0.2) is 30.3 Å². The van der Waals surface area contributed by atoms with Crippen molar-refractivity contribution in [2.24, 2.45) is 5.41 Å². The summed E-state index contributed by atoms with van der Waals surface area (Å²) in [6.45, 7) is 4.34. The predicted octanol–water partition coefficient (Wildman–Crippen LogP) is 1.54. The van der Waals surface area contributed by atoms with E-state index in [4.69, 9.17) is 9.47 Å². The third kappa shape index (κ3) is 2.97. The normalized spacial score (nSPS) is 25.4. The molecule has 1 aromatic rings. The quantitative estimate of drug-likeness (QED) is 0.856. The third-order valence-electron chi connectivity index (χ3n) is 4.38. The molecule has 1 N–H and O–H groups in total. The molecule has 2 fully saturated rings. The summed E-state index contributed by atoms with van der Waals surface area (Å²) >= 11 is 0. The van der Waals surface area contributed by atoms with Gasteiger partial charge in [-0.25, -0.2) is 0 Å². The Morgan fingerprint density at radius 1 is 1.30 bits per heavy atom. The average Bonchev–Trinajstić information content (AvgIpc) is 2.89. The lowest BCUT2D eigenvalue weighted by molar-refractivity contribution is -0.150. The van der Waals surface area contributed by atoms with Crippen molar-refractivity contribution >= 4 is 0 Å². The molecule has 2 aliphatic rings. The van der Waals surface area contributed by atoms with Gasteiger partial charge in [-0.3, -0.25) is 4.90 Å². The van der Waals surface area contributed by atoms with Crippen LogP contribution in [0.5, 0.6) is 5.75 Å². The lowest BCUT2D eigenvalue weighted by Gasteiger charge is -2.43. The smallest absolute Gasteiger partial charge is 0.119 e. The zero-order valence-electron chi connectivity index (χ0n) is 11.8. The molecule has 2 saturated heterocycles. The van der Waals surface area contributed by atoms with Crippen LogP contribution in [0.2, 0.25) is 0 Å². The van der Waals surface area contributed by atoms with E-state index in [1.807, 2.05) is 30.3 Å². The molecule has 20 heavy (non-hydrogen) atoms. The fourth-order valence-corrected chi connectivity index (χ4v) is 3.06. The number of hydrogen-bond acceptors (Lipinski definition) is 4. The van der Waals surface area contributed by atoms with Crippen molar-refractivity contribution in [1.82, 2.24) is 4.90 Å². The van der Waals surface area contributed by atoms with E-state index < -0.39 is 0 Å². The molecule has 4 nitrogen and oxygen atoms in total. The molecule has 2 heterocycles. The number of para-hydroxylation sites is 1. The first-order valence-corrected chi connectivity index (χ1v) is 7.42. The van der Waals surface area contributed by atoms with Gasteiger partial charge in [-0.15, -0.1) is 0 Å². The van der Waals surface area contributed by atoms with Crippen molar-refractivity contribution < 1.29 is 14.6 Å². The number of ether oxygens (including phenoxy) is 2. The molecule has 0 spiro atoms. The van der Waals surface area contributed by atoms with Crippen LogP contribution in [-0.4, -0.2) is 55.6 Å². The molecule has 2 aliphatic heterocycles. The van der Waals surface area contributed by atoms with Gasteiger partial charge in [0.25, 0.3) is 0 Å². The Morgan fingerprint density at radius 2 is 2.10 bits per heavy atom. The van der Waals surface area contributed by atoms with E-state index >= 15 is 0 Å². The van der Waals surface area contributed by atoms with Gasteiger partial charge in [0.1, 0.15) is 12.4 Å². The van der Waals surface area contributed by atoms with Crippen molar-refractivity contribution in [2.45, 2.75) is 18.9 Å². The minimum Gasteiger partial charge on any atom is -0.492 e. The molecule has 0 aliphatic carbocycles. The number of likely N-dealkylation sites (tertiary alicyclic amines) is 1. The van der Waals surface area contributed by atoms with E-state index in [0.29, 0.717) is 19.3 Å². The van der Waals surface area contributed by atoms with Gasteiger partial charge in [-0.2, -0.15) is 0 Å². The van der Waals surface area contributed by atoms with Crippen molar-refractivity contribution in [3.05, 3.63) is 30.3 Å². The molecule has 3 rings (SSSR count). The second kappa shape index (κ2) is 6.12. The lowest BCUT2D eigenvalue weighted by Crippen LogP contribution is -2.54. The molecule has 0 amide bonds. The number of benzene rings is 1. The second-order valence-electron chi connectivity index (χ2n) is 6.04. The Morgan fingerprint density at radius 3 is 2.75 bits per heavy atom. The Bertz CT molecular complexity index is 413. The van der Waals surface area contributed by atoms with E-state index in [-0.39, 0.29) is 12.0 Å². The molecule has 0 saturated carbocycles. The first-order valence-electron chi connectivity index (χ1n) is 7.42. The van der Waals surface area contributed by atoms with Crippen LogP contribution in [-0.2, 0) is 4.74 Å². The van der Waals surface area contributed by atoms with E-state index in [1.165, 1.54) is 12.8 Å². The second-order valence-corrected chi connectivity index (χ2v) is 6.04. The van der Waals surface area contributed by atoms with Gasteiger partial charge in [0, 0.05) is 12.6 Å². The van der Waals surface area contributed by atoms with Gasteiger partial charge in [0.15, 0.2) is 0 Å². The van der Waals surface area contributed by atoms with Crippen LogP contribution < -0.4 is 4.74 Å². The number of nitrogens with zero attached hydrogens (tertiary/aromatic N) is 1. The maximum Gasteiger partial charge on any atom is 0.119 e. The van der Waals surface area contributed by atoms with E-state index in [0.717, 1.165) is 25.4 Å². The highest BCUT2D eigenvalue weighted by molar-refractivity contribution is 5.21. The molecule has 110 valence electrons. The van der Waals surface area contributed by atoms with Crippen LogP contribution in [0.3, 0.4) is 0 Å². The Kier molecular flexibility index (Phi) is 4.24. The topological polar surface area (TPSA) is 41.9 Å². The Hall–Kier alpha value is -1.10. The summed E-state index contributed by atoms with van der Waals surface area (Å²) in [4.78, 5) is 2.46. The van der Waals surface area contributed by atoms with Crippen molar-refractivity contribution in [1.29, 1.82) is 0 Å². The van der Waals surface area contributed by atoms with Crippen LogP contribution in [0.25, 0.3) is 0 Å². The number of aliphatic hydroxyl groups excluding tert-OH is 1. The van der Waals surface area contributed by atoms with Gasteiger partial charge >= 0.3 is 0 Å². The highest BCUT2D eigenvalue weighted by Crippen LogP contribution is 2.31. The molecule has 4 heteroatoms. The third-order valence-corrected chi connectivity index (χ3v) is 4.38.